The molecule has 1 rings (SSSR count). The third-order valence-corrected chi connectivity index (χ3v) is 2.53. The van der Waals surface area contributed by atoms with E-state index in [1.165, 1.54) is 26.1 Å². The minimum Gasteiger partial charge on any atom is -0.475 e. The second-order valence-corrected chi connectivity index (χ2v) is 4.44. The summed E-state index contributed by atoms with van der Waals surface area (Å²) in [4.78, 5) is 11.3. The fourth-order valence-corrected chi connectivity index (χ4v) is 1.65. The molecule has 106 valence electrons. The molecule has 0 fully saturated rings. The summed E-state index contributed by atoms with van der Waals surface area (Å²) in [5.74, 6) is -2.69. The number of carbonyl (C=O) groups is 1. The Morgan fingerprint density at radius 1 is 1.37 bits per heavy atom. The number of benzene rings is 1. The molecule has 1 aromatic carbocycles. The molecule has 0 radical (unpaired) electrons. The molecule has 0 heterocycles. The van der Waals surface area contributed by atoms with Gasteiger partial charge in [0.2, 0.25) is 0 Å². The molecule has 0 aliphatic heterocycles. The number of nitrogens with one attached hydrogen (secondary N) is 1. The van der Waals surface area contributed by atoms with Gasteiger partial charge >= 0.3 is 0 Å². The minimum absolute atomic E-state index is 0.199. The zero-order valence-corrected chi connectivity index (χ0v) is 11.2. The van der Waals surface area contributed by atoms with E-state index in [9.17, 15) is 13.6 Å². The lowest BCUT2D eigenvalue weighted by Gasteiger charge is -2.15. The molecule has 1 aromatic rings. The van der Waals surface area contributed by atoms with Gasteiger partial charge < -0.3 is 15.8 Å². The van der Waals surface area contributed by atoms with Crippen molar-refractivity contribution >= 4 is 5.91 Å². The van der Waals surface area contributed by atoms with E-state index in [-0.39, 0.29) is 6.04 Å². The summed E-state index contributed by atoms with van der Waals surface area (Å²) >= 11 is 0. The first kappa shape index (κ1) is 15.4. The van der Waals surface area contributed by atoms with E-state index in [4.69, 9.17) is 10.5 Å². The lowest BCUT2D eigenvalue weighted by Crippen LogP contribution is -2.34. The normalized spacial score (nSPS) is 13.8. The molecule has 0 aromatic heterocycles. The molecule has 4 nitrogen and oxygen atoms in total. The molecule has 0 saturated heterocycles. The predicted octanol–water partition coefficient (Wildman–Crippen LogP) is 1.37. The fraction of sp³-hybridized carbons (Fsp3) is 0.462. The van der Waals surface area contributed by atoms with Crippen molar-refractivity contribution in [2.45, 2.75) is 32.4 Å². The lowest BCUT2D eigenvalue weighted by molar-refractivity contribution is -0.126. The van der Waals surface area contributed by atoms with Crippen LogP contribution >= 0.6 is 0 Å². The van der Waals surface area contributed by atoms with Gasteiger partial charge in [-0.3, -0.25) is 4.79 Å². The van der Waals surface area contributed by atoms with Crippen LogP contribution in [0.3, 0.4) is 0 Å². The van der Waals surface area contributed by atoms with E-state index in [0.29, 0.717) is 12.0 Å². The van der Waals surface area contributed by atoms with E-state index in [2.05, 4.69) is 5.32 Å². The Labute approximate surface area is 110 Å². The summed E-state index contributed by atoms with van der Waals surface area (Å²) in [6.45, 7) is 3.15. The number of carbonyl (C=O) groups excluding carboxylic acids is 1. The molecule has 0 aliphatic rings. The summed E-state index contributed by atoms with van der Waals surface area (Å²) < 4.78 is 32.5. The van der Waals surface area contributed by atoms with Crippen LogP contribution in [0.5, 0.6) is 5.75 Å². The van der Waals surface area contributed by atoms with Crippen LogP contribution in [0.4, 0.5) is 8.78 Å². The number of rotatable bonds is 5. The Morgan fingerprint density at radius 2 is 1.89 bits per heavy atom. The smallest absolute Gasteiger partial charge is 0.260 e. The molecule has 0 bridgehead atoms. The molecule has 1 amide bonds. The first-order valence-corrected chi connectivity index (χ1v) is 5.97. The monoisotopic (exact) mass is 272 g/mol. The van der Waals surface area contributed by atoms with Crippen LogP contribution in [-0.4, -0.2) is 25.1 Å². The molecule has 0 aliphatic carbocycles. The van der Waals surface area contributed by atoms with Crippen LogP contribution in [0.1, 0.15) is 19.4 Å². The third-order valence-electron chi connectivity index (χ3n) is 2.53. The van der Waals surface area contributed by atoms with Crippen LogP contribution in [0.15, 0.2) is 12.1 Å². The number of nitrogens with two attached hydrogens (primary N) is 1. The third kappa shape index (κ3) is 4.17. The molecule has 0 spiro atoms. The molecule has 3 N–H and O–H groups in total. The SMILES string of the molecule is CNC(=O)C(C)Oc1c(F)cc(CC(C)N)cc1F. The van der Waals surface area contributed by atoms with E-state index in [1.807, 2.05) is 0 Å². The van der Waals surface area contributed by atoms with Gasteiger partial charge in [-0.1, -0.05) is 0 Å². The molecule has 19 heavy (non-hydrogen) atoms. The number of halogens is 2. The van der Waals surface area contributed by atoms with Gasteiger partial charge in [0, 0.05) is 13.1 Å². The van der Waals surface area contributed by atoms with E-state index < -0.39 is 29.4 Å². The largest absolute Gasteiger partial charge is 0.475 e. The van der Waals surface area contributed by atoms with Crippen LogP contribution < -0.4 is 15.8 Å². The highest BCUT2D eigenvalue weighted by atomic mass is 19.1. The molecule has 0 saturated carbocycles. The Balaban J connectivity index is 2.94. The van der Waals surface area contributed by atoms with Gasteiger partial charge in [0.1, 0.15) is 0 Å². The maximum atomic E-state index is 13.8. The molecule has 6 heteroatoms. The van der Waals surface area contributed by atoms with Crippen molar-refractivity contribution in [2.24, 2.45) is 5.73 Å². The van der Waals surface area contributed by atoms with Crippen LogP contribution in [0.25, 0.3) is 0 Å². The zero-order valence-electron chi connectivity index (χ0n) is 11.2. The maximum absolute atomic E-state index is 13.8. The van der Waals surface area contributed by atoms with Crippen LogP contribution in [0.2, 0.25) is 0 Å². The minimum atomic E-state index is -0.978. The van der Waals surface area contributed by atoms with Crippen LogP contribution in [0, 0.1) is 11.6 Å². The highest BCUT2D eigenvalue weighted by Crippen LogP contribution is 2.25. The highest BCUT2D eigenvalue weighted by Gasteiger charge is 2.19. The Kier molecular flexibility index (Phi) is 5.23. The predicted molar refractivity (Wildman–Crippen MR) is 67.9 cm³/mol. The maximum Gasteiger partial charge on any atom is 0.260 e. The van der Waals surface area contributed by atoms with Gasteiger partial charge in [-0.05, 0) is 38.0 Å². The lowest BCUT2D eigenvalue weighted by atomic mass is 10.1. The standard InChI is InChI=1S/C13H18F2N2O2/c1-7(16)4-9-5-10(14)12(11(15)6-9)19-8(2)13(18)17-3/h5-8H,4,16H2,1-3H3,(H,17,18). The average molecular weight is 272 g/mol. The van der Waals surface area contributed by atoms with Crippen LogP contribution in [-0.2, 0) is 11.2 Å². The van der Waals surface area contributed by atoms with E-state index in [0.717, 1.165) is 0 Å². The van der Waals surface area contributed by atoms with Gasteiger partial charge in [-0.2, -0.15) is 0 Å². The Bertz CT molecular complexity index is 441. The number of likely N-dealkylation sites (N-methyl/N-ethyl adjacent to an activating group) is 1. The second-order valence-electron chi connectivity index (χ2n) is 4.44. The first-order chi connectivity index (χ1) is 8.85. The second kappa shape index (κ2) is 6.47. The highest BCUT2D eigenvalue weighted by molar-refractivity contribution is 5.80. The van der Waals surface area contributed by atoms with Gasteiger partial charge in [0.25, 0.3) is 5.91 Å². The van der Waals surface area contributed by atoms with Crippen molar-refractivity contribution < 1.29 is 18.3 Å². The summed E-state index contributed by atoms with van der Waals surface area (Å²) in [7, 11) is 1.42. The van der Waals surface area contributed by atoms with E-state index in [1.54, 1.807) is 6.92 Å². The summed E-state index contributed by atoms with van der Waals surface area (Å²) in [6, 6.07) is 2.13. The zero-order chi connectivity index (χ0) is 14.6. The van der Waals surface area contributed by atoms with Gasteiger partial charge in [-0.15, -0.1) is 0 Å². The summed E-state index contributed by atoms with van der Waals surface area (Å²) in [5.41, 5.74) is 6.02. The van der Waals surface area contributed by atoms with Gasteiger partial charge in [0.05, 0.1) is 0 Å². The van der Waals surface area contributed by atoms with Crippen molar-refractivity contribution in [3.05, 3.63) is 29.3 Å². The molecule has 2 unspecified atom stereocenters. The molecular formula is C13H18F2N2O2. The topological polar surface area (TPSA) is 64.3 Å². The van der Waals surface area contributed by atoms with Gasteiger partial charge in [-0.25, -0.2) is 8.78 Å². The van der Waals surface area contributed by atoms with Crippen molar-refractivity contribution in [1.29, 1.82) is 0 Å². The van der Waals surface area contributed by atoms with E-state index >= 15 is 0 Å². The number of ether oxygens (including phenoxy) is 1. The number of hydrogen-bond donors (Lipinski definition) is 2. The first-order valence-electron chi connectivity index (χ1n) is 5.97. The quantitative estimate of drug-likeness (QED) is 0.851. The van der Waals surface area contributed by atoms with Crippen molar-refractivity contribution in [2.75, 3.05) is 7.05 Å². The fourth-order valence-electron chi connectivity index (χ4n) is 1.65. The number of amides is 1. The number of hydrogen-bond acceptors (Lipinski definition) is 3. The van der Waals surface area contributed by atoms with Gasteiger partial charge in [0.15, 0.2) is 23.5 Å². The Hall–Kier alpha value is -1.69. The van der Waals surface area contributed by atoms with Crippen molar-refractivity contribution in [3.63, 3.8) is 0 Å². The molecule has 2 atom stereocenters. The van der Waals surface area contributed by atoms with Crippen molar-refractivity contribution in [3.8, 4) is 5.75 Å². The molecular weight excluding hydrogens is 254 g/mol. The Morgan fingerprint density at radius 3 is 2.32 bits per heavy atom. The summed E-state index contributed by atoms with van der Waals surface area (Å²) in [6.07, 6.45) is -0.618. The average Bonchev–Trinajstić information content (AvgIpc) is 2.31. The summed E-state index contributed by atoms with van der Waals surface area (Å²) in [5, 5.41) is 2.34. The van der Waals surface area contributed by atoms with Crippen molar-refractivity contribution in [1.82, 2.24) is 5.32 Å².